The smallest absolute Gasteiger partial charge is 0.423 e. The summed E-state index contributed by atoms with van der Waals surface area (Å²) in [5.41, 5.74) is -4.64. The van der Waals surface area contributed by atoms with Crippen LogP contribution in [-0.4, -0.2) is 36.2 Å². The highest BCUT2D eigenvalue weighted by Gasteiger charge is 2.40. The molecule has 1 aromatic carbocycles. The van der Waals surface area contributed by atoms with Crippen molar-refractivity contribution in [2.45, 2.75) is 6.18 Å². The number of allylic oxidation sites excluding steroid dienone is 2. The number of esters is 2. The van der Waals surface area contributed by atoms with Crippen LogP contribution in [-0.2, 0) is 25.2 Å². The van der Waals surface area contributed by atoms with E-state index in [0.717, 1.165) is 31.4 Å². The minimum absolute atomic E-state index is 0.293. The Labute approximate surface area is 161 Å². The molecule has 29 heavy (non-hydrogen) atoms. The maximum Gasteiger partial charge on any atom is 0.423 e. The van der Waals surface area contributed by atoms with Gasteiger partial charge in [0, 0.05) is 6.20 Å². The molecule has 1 N–H and O–H groups in total. The van der Waals surface area contributed by atoms with Crippen LogP contribution in [0.5, 0.6) is 5.75 Å². The van der Waals surface area contributed by atoms with Crippen LogP contribution in [0.2, 0.25) is 0 Å². The number of phenolic OH excluding ortho intramolecular Hbond substituents is 1. The van der Waals surface area contributed by atoms with Gasteiger partial charge >= 0.3 is 18.1 Å². The zero-order valence-corrected chi connectivity index (χ0v) is 14.9. The van der Waals surface area contributed by atoms with Gasteiger partial charge in [-0.05, 0) is 18.2 Å². The number of hydrogen-bond acceptors (Lipinski definition) is 8. The van der Waals surface area contributed by atoms with Crippen molar-refractivity contribution in [3.63, 3.8) is 0 Å². The quantitative estimate of drug-likeness (QED) is 0.454. The van der Waals surface area contributed by atoms with Gasteiger partial charge in [-0.3, -0.25) is 10.1 Å². The first-order valence-electron chi connectivity index (χ1n) is 7.66. The number of anilines is 1. The molecule has 0 radical (unpaired) electrons. The average molecular weight is 414 g/mol. The third-order valence-electron chi connectivity index (χ3n) is 3.74. The van der Waals surface area contributed by atoms with Crippen LogP contribution in [0.1, 0.15) is 5.56 Å². The first-order valence-corrected chi connectivity index (χ1v) is 7.66. The normalized spacial score (nSPS) is 13.9. The Bertz CT molecular complexity index is 965. The molecule has 0 fully saturated rings. The number of halogens is 3. The zero-order valence-electron chi connectivity index (χ0n) is 14.9. The zero-order chi connectivity index (χ0) is 21.9. The van der Waals surface area contributed by atoms with Gasteiger partial charge in [0.2, 0.25) is 0 Å². The van der Waals surface area contributed by atoms with Gasteiger partial charge in [-0.15, -0.1) is 0 Å². The van der Waals surface area contributed by atoms with Gasteiger partial charge in [-0.25, -0.2) is 9.59 Å². The highest BCUT2D eigenvalue weighted by atomic mass is 19.4. The number of methoxy groups -OCH3 is 2. The summed E-state index contributed by atoms with van der Waals surface area (Å²) in [6.45, 7) is 0. The largest absolute Gasteiger partial charge is 0.505 e. The van der Waals surface area contributed by atoms with E-state index in [1.165, 1.54) is 12.2 Å². The molecule has 0 atom stereocenters. The third kappa shape index (κ3) is 4.20. The summed E-state index contributed by atoms with van der Waals surface area (Å²) < 4.78 is 49.2. The summed E-state index contributed by atoms with van der Waals surface area (Å²) in [7, 11) is 1.99. The van der Waals surface area contributed by atoms with Crippen LogP contribution < -0.4 is 4.90 Å². The Morgan fingerprint density at radius 3 is 2.28 bits per heavy atom. The minimum atomic E-state index is -5.14. The summed E-state index contributed by atoms with van der Waals surface area (Å²) in [6.07, 6.45) is -0.365. The highest BCUT2D eigenvalue weighted by molar-refractivity contribution is 6.05. The number of carbonyl (C=O) groups is 2. The van der Waals surface area contributed by atoms with Gasteiger partial charge in [0.1, 0.15) is 17.0 Å². The van der Waals surface area contributed by atoms with Crippen LogP contribution in [0, 0.1) is 10.1 Å². The second-order valence-electron chi connectivity index (χ2n) is 5.43. The second-order valence-corrected chi connectivity index (χ2v) is 5.43. The number of carbonyl (C=O) groups excluding carboxylic acids is 2. The molecule has 0 aromatic heterocycles. The van der Waals surface area contributed by atoms with Crippen molar-refractivity contribution < 1.29 is 42.3 Å². The molecular formula is C17H13F3N2O7. The van der Waals surface area contributed by atoms with Gasteiger partial charge in [-0.2, -0.15) is 13.2 Å². The van der Waals surface area contributed by atoms with Crippen LogP contribution in [0.25, 0.3) is 0 Å². The maximum absolute atomic E-state index is 13.3. The molecule has 1 heterocycles. The van der Waals surface area contributed by atoms with Crippen LogP contribution >= 0.6 is 0 Å². The maximum atomic E-state index is 13.3. The lowest BCUT2D eigenvalue weighted by atomic mass is 10.1. The lowest BCUT2D eigenvalue weighted by Crippen LogP contribution is -2.27. The highest BCUT2D eigenvalue weighted by Crippen LogP contribution is 2.44. The average Bonchev–Trinajstić information content (AvgIpc) is 2.88. The van der Waals surface area contributed by atoms with Crippen LogP contribution in [0.3, 0.4) is 0 Å². The fourth-order valence-electron chi connectivity index (χ4n) is 2.49. The van der Waals surface area contributed by atoms with E-state index >= 15 is 0 Å². The molecule has 0 aliphatic carbocycles. The van der Waals surface area contributed by atoms with Crippen molar-refractivity contribution in [2.24, 2.45) is 0 Å². The molecule has 0 saturated heterocycles. The van der Waals surface area contributed by atoms with Gasteiger partial charge in [0.05, 0.1) is 36.5 Å². The Balaban J connectivity index is 2.84. The van der Waals surface area contributed by atoms with Crippen LogP contribution in [0.15, 0.2) is 47.8 Å². The second kappa shape index (κ2) is 8.04. The van der Waals surface area contributed by atoms with Crippen molar-refractivity contribution in [1.82, 2.24) is 0 Å². The van der Waals surface area contributed by atoms with E-state index in [-0.39, 0.29) is 5.57 Å². The van der Waals surface area contributed by atoms with Crippen molar-refractivity contribution in [2.75, 3.05) is 19.1 Å². The Hall–Kier alpha value is -3.83. The molecule has 2 rings (SSSR count). The number of benzene rings is 1. The molecule has 0 bridgehead atoms. The van der Waals surface area contributed by atoms with Crippen molar-refractivity contribution in [3.8, 4) is 5.75 Å². The van der Waals surface area contributed by atoms with E-state index < -0.39 is 51.4 Å². The lowest BCUT2D eigenvalue weighted by molar-refractivity contribution is -0.388. The molecular weight excluding hydrogens is 401 g/mol. The number of nitrogens with zero attached hydrogens (tertiary/aromatic N) is 2. The number of aromatic hydroxyl groups is 1. The molecule has 154 valence electrons. The van der Waals surface area contributed by atoms with Gasteiger partial charge < -0.3 is 19.5 Å². The molecule has 0 amide bonds. The van der Waals surface area contributed by atoms with Crippen molar-refractivity contribution in [3.05, 3.63) is 63.5 Å². The number of ether oxygens (including phenoxy) is 2. The summed E-state index contributed by atoms with van der Waals surface area (Å²) in [6, 6.07) is 0.595. The number of nitro benzene ring substituents is 1. The first kappa shape index (κ1) is 21.5. The number of phenols is 1. The number of alkyl halides is 3. The predicted molar refractivity (Wildman–Crippen MR) is 91.6 cm³/mol. The van der Waals surface area contributed by atoms with E-state index in [9.17, 15) is 38.0 Å². The number of hydrogen-bond donors (Lipinski definition) is 1. The summed E-state index contributed by atoms with van der Waals surface area (Å²) >= 11 is 0. The topological polar surface area (TPSA) is 119 Å². The molecule has 9 nitrogen and oxygen atoms in total. The molecule has 0 spiro atoms. The Morgan fingerprint density at radius 2 is 1.76 bits per heavy atom. The summed E-state index contributed by atoms with van der Waals surface area (Å²) in [5.74, 6) is -3.08. The molecule has 1 aromatic rings. The van der Waals surface area contributed by atoms with Crippen LogP contribution in [0.4, 0.5) is 24.5 Å². The molecule has 1 aliphatic rings. The van der Waals surface area contributed by atoms with Crippen molar-refractivity contribution >= 4 is 23.3 Å². The fraction of sp³-hybridized carbons (Fsp3) is 0.176. The molecule has 0 unspecified atom stereocenters. The van der Waals surface area contributed by atoms with Gasteiger partial charge in [0.15, 0.2) is 0 Å². The fourth-order valence-corrected chi connectivity index (χ4v) is 2.49. The molecule has 0 saturated carbocycles. The van der Waals surface area contributed by atoms with Crippen molar-refractivity contribution in [1.29, 1.82) is 0 Å². The minimum Gasteiger partial charge on any atom is -0.505 e. The summed E-state index contributed by atoms with van der Waals surface area (Å²) in [4.78, 5) is 34.8. The Kier molecular flexibility index (Phi) is 5.95. The van der Waals surface area contributed by atoms with E-state index in [2.05, 4.69) is 9.47 Å². The van der Waals surface area contributed by atoms with E-state index in [1.54, 1.807) is 0 Å². The number of rotatable bonds is 4. The Morgan fingerprint density at radius 1 is 1.14 bits per heavy atom. The molecule has 12 heteroatoms. The summed E-state index contributed by atoms with van der Waals surface area (Å²) in [5, 5.41) is 21.1. The van der Waals surface area contributed by atoms with Gasteiger partial charge in [-0.1, -0.05) is 6.08 Å². The predicted octanol–water partition coefficient (Wildman–Crippen LogP) is 2.81. The molecule has 1 aliphatic heterocycles. The van der Waals surface area contributed by atoms with E-state index in [4.69, 9.17) is 0 Å². The van der Waals surface area contributed by atoms with E-state index in [1.807, 2.05) is 0 Å². The third-order valence-corrected chi connectivity index (χ3v) is 3.74. The monoisotopic (exact) mass is 414 g/mol. The lowest BCUT2D eigenvalue weighted by Gasteiger charge is -2.24. The number of nitro groups is 1. The first-order chi connectivity index (χ1) is 13.5. The SMILES string of the molecule is COC(=O)C1=C(C(=O)OC)N(c2cc(C(F)(F)F)c([N+](=O)[O-])cc2O)C=CC=C1. The standard InChI is InChI=1S/C17H13F3N2O7/c1-28-15(24)9-5-3-4-6-21(14(9)16(25)29-2)12-7-10(17(18,19)20)11(22(26)27)8-13(12)23/h3-8,23H,1-2H3. The van der Waals surface area contributed by atoms with Gasteiger partial charge in [0.25, 0.3) is 5.69 Å². The van der Waals surface area contributed by atoms with E-state index in [0.29, 0.717) is 12.1 Å².